The number of fused-ring (bicyclic) bond motifs is 1. The van der Waals surface area contributed by atoms with Gasteiger partial charge in [0.15, 0.2) is 12.1 Å². The minimum atomic E-state index is -0.447. The van der Waals surface area contributed by atoms with Gasteiger partial charge in [0.1, 0.15) is 17.3 Å². The molecule has 12 nitrogen and oxygen atoms in total. The number of benzene rings is 1. The molecule has 4 rings (SSSR count). The summed E-state index contributed by atoms with van der Waals surface area (Å²) in [6, 6.07) is 8.73. The molecule has 0 aliphatic carbocycles. The summed E-state index contributed by atoms with van der Waals surface area (Å²) >= 11 is 6.26. The SMILES string of the molecule is CC.CC.CN(Cc1cc2c(Cl)cccc2[nH]1)C(=O)N(C)c1nc(Nc2ccnc(CCC(N)=O)n2)n(C)c1C=O. The summed E-state index contributed by atoms with van der Waals surface area (Å²) < 4.78 is 1.52. The Bertz CT molecular complexity index is 1480. The molecule has 0 fully saturated rings. The number of aromatic nitrogens is 5. The van der Waals surface area contributed by atoms with Crippen LogP contribution in [0, 0.1) is 0 Å². The van der Waals surface area contributed by atoms with Crippen molar-refractivity contribution in [3.63, 3.8) is 0 Å². The number of carbonyl (C=O) groups excluding carboxylic acids is 3. The van der Waals surface area contributed by atoms with Gasteiger partial charge in [0.05, 0.1) is 6.54 Å². The fraction of sp³-hybridized carbons (Fsp3) is 0.357. The van der Waals surface area contributed by atoms with E-state index in [2.05, 4.69) is 25.3 Å². The standard InChI is InChI=1S/C24H26ClN9O3.2C2H6/c1-32(12-14-11-15-16(25)5-4-6-17(15)28-14)24(37)34(3)22-18(13-35)33(2)23(31-22)30-21-9-10-27-20(29-21)8-7-19(26)36;2*1-2/h4-6,9-11,13,28H,7-8,12H2,1-3H3,(H2,26,36)(H,27,29,30,31);2*1-2H3. The molecule has 0 aliphatic rings. The minimum Gasteiger partial charge on any atom is -0.370 e. The summed E-state index contributed by atoms with van der Waals surface area (Å²) in [5, 5.41) is 4.53. The Morgan fingerprint density at radius 1 is 1.15 bits per heavy atom. The predicted molar refractivity (Wildman–Crippen MR) is 163 cm³/mol. The van der Waals surface area contributed by atoms with Crippen molar-refractivity contribution in [2.75, 3.05) is 24.3 Å². The van der Waals surface area contributed by atoms with Crippen molar-refractivity contribution >= 4 is 58.3 Å². The monoisotopic (exact) mass is 583 g/mol. The van der Waals surface area contributed by atoms with Gasteiger partial charge in [0.2, 0.25) is 11.9 Å². The number of carbonyl (C=O) groups is 3. The van der Waals surface area contributed by atoms with E-state index in [4.69, 9.17) is 17.3 Å². The number of amides is 3. The van der Waals surface area contributed by atoms with Crippen molar-refractivity contribution in [3.8, 4) is 0 Å². The van der Waals surface area contributed by atoms with Crippen molar-refractivity contribution in [2.24, 2.45) is 12.8 Å². The lowest BCUT2D eigenvalue weighted by atomic mass is 10.2. The lowest BCUT2D eigenvalue weighted by Gasteiger charge is -2.23. The molecule has 0 bridgehead atoms. The average molecular weight is 584 g/mol. The zero-order valence-corrected chi connectivity index (χ0v) is 25.3. The van der Waals surface area contributed by atoms with Gasteiger partial charge in [-0.3, -0.25) is 14.5 Å². The molecule has 220 valence electrons. The molecule has 41 heavy (non-hydrogen) atoms. The second-order valence-electron chi connectivity index (χ2n) is 8.46. The average Bonchev–Trinajstić information content (AvgIpc) is 3.54. The van der Waals surface area contributed by atoms with Gasteiger partial charge in [0, 0.05) is 61.8 Å². The molecule has 0 spiro atoms. The lowest BCUT2D eigenvalue weighted by molar-refractivity contribution is -0.118. The molecule has 3 heterocycles. The van der Waals surface area contributed by atoms with Crippen molar-refractivity contribution in [3.05, 3.63) is 58.8 Å². The number of nitrogens with one attached hydrogen (secondary N) is 2. The van der Waals surface area contributed by atoms with E-state index in [1.807, 2.05) is 45.9 Å². The number of aldehydes is 1. The van der Waals surface area contributed by atoms with Crippen LogP contribution in [0.25, 0.3) is 10.9 Å². The number of anilines is 3. The minimum absolute atomic E-state index is 0.122. The molecule has 3 aromatic heterocycles. The van der Waals surface area contributed by atoms with E-state index in [0.717, 1.165) is 16.6 Å². The number of urea groups is 1. The number of hydrogen-bond acceptors (Lipinski definition) is 7. The second kappa shape index (κ2) is 15.4. The van der Waals surface area contributed by atoms with E-state index in [9.17, 15) is 14.4 Å². The van der Waals surface area contributed by atoms with Gasteiger partial charge >= 0.3 is 6.03 Å². The number of nitrogens with zero attached hydrogens (tertiary/aromatic N) is 6. The fourth-order valence-corrected chi connectivity index (χ4v) is 4.09. The molecular weight excluding hydrogens is 546 g/mol. The first-order valence-corrected chi connectivity index (χ1v) is 13.7. The van der Waals surface area contributed by atoms with Crippen LogP contribution in [0.5, 0.6) is 0 Å². The van der Waals surface area contributed by atoms with Crippen LogP contribution in [-0.4, -0.2) is 61.7 Å². The Hall–Kier alpha value is -4.45. The van der Waals surface area contributed by atoms with Crippen molar-refractivity contribution in [2.45, 2.75) is 47.1 Å². The first kappa shape index (κ1) is 32.8. The highest BCUT2D eigenvalue weighted by atomic mass is 35.5. The number of aryl methyl sites for hydroxylation is 1. The third-order valence-corrected chi connectivity index (χ3v) is 6.11. The molecule has 1 aromatic carbocycles. The normalized spacial score (nSPS) is 10.1. The molecule has 0 unspecified atom stereocenters. The molecule has 0 saturated heterocycles. The second-order valence-corrected chi connectivity index (χ2v) is 8.87. The van der Waals surface area contributed by atoms with Crippen LogP contribution < -0.4 is 16.0 Å². The highest BCUT2D eigenvalue weighted by Crippen LogP contribution is 2.26. The number of rotatable bonds is 9. The third-order valence-electron chi connectivity index (χ3n) is 5.78. The summed E-state index contributed by atoms with van der Waals surface area (Å²) in [5.41, 5.74) is 7.08. The molecule has 4 aromatic rings. The summed E-state index contributed by atoms with van der Waals surface area (Å²) in [4.78, 5) is 55.2. The largest absolute Gasteiger partial charge is 0.370 e. The van der Waals surface area contributed by atoms with E-state index >= 15 is 0 Å². The number of H-pyrrole nitrogens is 1. The quantitative estimate of drug-likeness (QED) is 0.233. The van der Waals surface area contributed by atoms with Crippen LogP contribution >= 0.6 is 11.6 Å². The molecule has 0 atom stereocenters. The van der Waals surface area contributed by atoms with Crippen LogP contribution in [0.1, 0.15) is 56.1 Å². The highest BCUT2D eigenvalue weighted by molar-refractivity contribution is 6.35. The third kappa shape index (κ3) is 8.04. The van der Waals surface area contributed by atoms with Crippen LogP contribution in [0.4, 0.5) is 22.4 Å². The molecule has 4 N–H and O–H groups in total. The van der Waals surface area contributed by atoms with Gasteiger partial charge in [-0.2, -0.15) is 4.98 Å². The van der Waals surface area contributed by atoms with E-state index < -0.39 is 5.91 Å². The first-order chi connectivity index (χ1) is 19.7. The highest BCUT2D eigenvalue weighted by Gasteiger charge is 2.25. The van der Waals surface area contributed by atoms with Gasteiger partial charge in [-0.25, -0.2) is 14.8 Å². The zero-order chi connectivity index (χ0) is 30.7. The Morgan fingerprint density at radius 3 is 2.49 bits per heavy atom. The number of imidazole rings is 1. The maximum atomic E-state index is 13.2. The van der Waals surface area contributed by atoms with Gasteiger partial charge in [-0.05, 0) is 24.3 Å². The first-order valence-electron chi connectivity index (χ1n) is 13.3. The van der Waals surface area contributed by atoms with Crippen molar-refractivity contribution in [1.29, 1.82) is 0 Å². The lowest BCUT2D eigenvalue weighted by Crippen LogP contribution is -2.39. The summed E-state index contributed by atoms with van der Waals surface area (Å²) in [6.45, 7) is 8.29. The number of halogens is 1. The maximum absolute atomic E-state index is 13.2. The molecule has 13 heteroatoms. The van der Waals surface area contributed by atoms with E-state index in [1.165, 1.54) is 20.6 Å². The van der Waals surface area contributed by atoms with Gasteiger partial charge in [-0.1, -0.05) is 45.4 Å². The Kier molecular flexibility index (Phi) is 12.3. The van der Waals surface area contributed by atoms with E-state index in [1.54, 1.807) is 33.3 Å². The number of primary amides is 1. The maximum Gasteiger partial charge on any atom is 0.325 e. The van der Waals surface area contributed by atoms with Gasteiger partial charge in [0.25, 0.3) is 0 Å². The smallest absolute Gasteiger partial charge is 0.325 e. The Labute approximate surface area is 244 Å². The summed E-state index contributed by atoms with van der Waals surface area (Å²) in [6.07, 6.45) is 2.59. The zero-order valence-electron chi connectivity index (χ0n) is 24.5. The van der Waals surface area contributed by atoms with Crippen LogP contribution in [-0.2, 0) is 24.8 Å². The molecule has 0 saturated carbocycles. The van der Waals surface area contributed by atoms with Crippen LogP contribution in [0.3, 0.4) is 0 Å². The fourth-order valence-electron chi connectivity index (χ4n) is 3.86. The van der Waals surface area contributed by atoms with Crippen LogP contribution in [0.15, 0.2) is 36.5 Å². The topological polar surface area (TPSA) is 155 Å². The van der Waals surface area contributed by atoms with E-state index in [0.29, 0.717) is 35.3 Å². The Morgan fingerprint density at radius 2 is 1.85 bits per heavy atom. The molecular formula is C28H38ClN9O3. The molecule has 0 radical (unpaired) electrons. The van der Waals surface area contributed by atoms with Gasteiger partial charge in [-0.15, -0.1) is 0 Å². The van der Waals surface area contributed by atoms with E-state index in [-0.39, 0.29) is 30.5 Å². The summed E-state index contributed by atoms with van der Waals surface area (Å²) in [7, 11) is 4.85. The Balaban J connectivity index is 0.00000141. The summed E-state index contributed by atoms with van der Waals surface area (Å²) in [5.74, 6) is 0.872. The number of aromatic amines is 1. The predicted octanol–water partition coefficient (Wildman–Crippen LogP) is 5.06. The van der Waals surface area contributed by atoms with Crippen molar-refractivity contribution in [1.82, 2.24) is 29.4 Å². The van der Waals surface area contributed by atoms with Crippen LogP contribution in [0.2, 0.25) is 5.02 Å². The molecule has 0 aliphatic heterocycles. The molecule has 3 amide bonds. The number of hydrogen-bond donors (Lipinski definition) is 3. The van der Waals surface area contributed by atoms with Crippen molar-refractivity contribution < 1.29 is 14.4 Å². The number of nitrogens with two attached hydrogens (primary N) is 1. The van der Waals surface area contributed by atoms with Gasteiger partial charge < -0.3 is 25.5 Å².